The highest BCUT2D eigenvalue weighted by Crippen LogP contribution is 2.22. The van der Waals surface area contributed by atoms with Gasteiger partial charge in [0.05, 0.1) is 6.61 Å². The minimum Gasteiger partial charge on any atom is -0.464 e. The number of nitrogens with zero attached hydrogens (tertiary/aromatic N) is 1. The van der Waals surface area contributed by atoms with Gasteiger partial charge in [0.25, 0.3) is 5.91 Å². The SMILES string of the molecule is CCOC(=O)C1CSCCN1C(=O)c1ccc(Br)c(C)c1. The van der Waals surface area contributed by atoms with E-state index in [0.717, 1.165) is 15.8 Å². The highest BCUT2D eigenvalue weighted by atomic mass is 79.9. The van der Waals surface area contributed by atoms with E-state index >= 15 is 0 Å². The average Bonchev–Trinajstić information content (AvgIpc) is 2.49. The summed E-state index contributed by atoms with van der Waals surface area (Å²) in [6.07, 6.45) is 0. The fraction of sp³-hybridized carbons (Fsp3) is 0.467. The lowest BCUT2D eigenvalue weighted by Gasteiger charge is -2.33. The van der Waals surface area contributed by atoms with Gasteiger partial charge in [-0.05, 0) is 37.6 Å². The number of benzene rings is 1. The lowest BCUT2D eigenvalue weighted by Crippen LogP contribution is -2.51. The second-order valence-corrected chi connectivity index (χ2v) is 6.81. The maximum absolute atomic E-state index is 12.7. The second kappa shape index (κ2) is 7.31. The molecule has 1 fully saturated rings. The van der Waals surface area contributed by atoms with E-state index < -0.39 is 6.04 Å². The molecule has 1 aliphatic rings. The number of aryl methyl sites for hydroxylation is 1. The highest BCUT2D eigenvalue weighted by Gasteiger charge is 2.34. The second-order valence-electron chi connectivity index (χ2n) is 4.81. The van der Waals surface area contributed by atoms with Crippen LogP contribution in [0, 0.1) is 6.92 Å². The van der Waals surface area contributed by atoms with Gasteiger partial charge in [-0.3, -0.25) is 4.79 Å². The van der Waals surface area contributed by atoms with E-state index in [9.17, 15) is 9.59 Å². The third-order valence-electron chi connectivity index (χ3n) is 3.35. The summed E-state index contributed by atoms with van der Waals surface area (Å²) in [5.74, 6) is 1.02. The molecule has 0 N–H and O–H groups in total. The van der Waals surface area contributed by atoms with Gasteiger partial charge in [0, 0.05) is 28.1 Å². The van der Waals surface area contributed by atoms with Crippen LogP contribution in [0.5, 0.6) is 0 Å². The third kappa shape index (κ3) is 3.80. The molecular formula is C15H18BrNO3S. The fourth-order valence-electron chi connectivity index (χ4n) is 2.22. The molecule has 1 saturated heterocycles. The molecule has 6 heteroatoms. The molecule has 2 rings (SSSR count). The number of carbonyl (C=O) groups excluding carboxylic acids is 2. The van der Waals surface area contributed by atoms with Crippen LogP contribution in [0.1, 0.15) is 22.8 Å². The van der Waals surface area contributed by atoms with Crippen molar-refractivity contribution in [2.45, 2.75) is 19.9 Å². The first-order valence-electron chi connectivity index (χ1n) is 6.86. The molecule has 21 heavy (non-hydrogen) atoms. The van der Waals surface area contributed by atoms with Crippen LogP contribution in [0.2, 0.25) is 0 Å². The minimum atomic E-state index is -0.486. The quantitative estimate of drug-likeness (QED) is 0.766. The zero-order valence-corrected chi connectivity index (χ0v) is 14.5. The predicted octanol–water partition coefficient (Wildman–Crippen LogP) is 2.88. The molecule has 1 atom stereocenters. The van der Waals surface area contributed by atoms with Crippen molar-refractivity contribution in [3.8, 4) is 0 Å². The standard InChI is InChI=1S/C15H18BrNO3S/c1-3-20-15(19)13-9-21-7-6-17(13)14(18)11-4-5-12(16)10(2)8-11/h4-5,8,13H,3,6-7,9H2,1-2H3. The predicted molar refractivity (Wildman–Crippen MR) is 87.7 cm³/mol. The molecule has 1 aromatic carbocycles. The number of carbonyl (C=O) groups is 2. The van der Waals surface area contributed by atoms with Gasteiger partial charge in [0.1, 0.15) is 6.04 Å². The lowest BCUT2D eigenvalue weighted by molar-refractivity contribution is -0.147. The zero-order valence-electron chi connectivity index (χ0n) is 12.1. The summed E-state index contributed by atoms with van der Waals surface area (Å²) in [5, 5.41) is 0. The van der Waals surface area contributed by atoms with Crippen LogP contribution < -0.4 is 0 Å². The maximum atomic E-state index is 12.7. The molecule has 1 heterocycles. The Hall–Kier alpha value is -1.01. The number of hydrogen-bond donors (Lipinski definition) is 0. The Morgan fingerprint density at radius 2 is 2.24 bits per heavy atom. The summed E-state index contributed by atoms with van der Waals surface area (Å²) in [4.78, 5) is 26.3. The van der Waals surface area contributed by atoms with Crippen molar-refractivity contribution in [1.82, 2.24) is 4.90 Å². The first kappa shape index (κ1) is 16.4. The summed E-state index contributed by atoms with van der Waals surface area (Å²) in [6, 6.07) is 5.00. The summed E-state index contributed by atoms with van der Waals surface area (Å²) < 4.78 is 6.05. The Morgan fingerprint density at radius 3 is 2.90 bits per heavy atom. The van der Waals surface area contributed by atoms with Crippen LogP contribution >= 0.6 is 27.7 Å². The van der Waals surface area contributed by atoms with Crippen LogP contribution in [-0.4, -0.2) is 47.5 Å². The Kier molecular flexibility index (Phi) is 5.70. The number of thioether (sulfide) groups is 1. The van der Waals surface area contributed by atoms with E-state index in [0.29, 0.717) is 24.5 Å². The average molecular weight is 372 g/mol. The van der Waals surface area contributed by atoms with Crippen LogP contribution in [0.15, 0.2) is 22.7 Å². The van der Waals surface area contributed by atoms with Crippen LogP contribution in [0.4, 0.5) is 0 Å². The Labute approximate surface area is 137 Å². The molecule has 1 aromatic rings. The smallest absolute Gasteiger partial charge is 0.329 e. The molecule has 0 saturated carbocycles. The molecule has 0 spiro atoms. The number of rotatable bonds is 3. The van der Waals surface area contributed by atoms with Gasteiger partial charge in [-0.1, -0.05) is 15.9 Å². The Balaban J connectivity index is 2.21. The molecule has 0 aliphatic carbocycles. The molecule has 114 valence electrons. The van der Waals surface area contributed by atoms with E-state index in [2.05, 4.69) is 15.9 Å². The first-order valence-corrected chi connectivity index (χ1v) is 8.81. The monoisotopic (exact) mass is 371 g/mol. The van der Waals surface area contributed by atoms with Crippen LogP contribution in [-0.2, 0) is 9.53 Å². The van der Waals surface area contributed by atoms with Crippen molar-refractivity contribution in [3.05, 3.63) is 33.8 Å². The first-order chi connectivity index (χ1) is 10.0. The van der Waals surface area contributed by atoms with Gasteiger partial charge in [-0.2, -0.15) is 11.8 Å². The molecule has 1 unspecified atom stereocenters. The topological polar surface area (TPSA) is 46.6 Å². The van der Waals surface area contributed by atoms with Gasteiger partial charge in [0.15, 0.2) is 0 Å². The van der Waals surface area contributed by atoms with Gasteiger partial charge in [-0.25, -0.2) is 4.79 Å². The van der Waals surface area contributed by atoms with Gasteiger partial charge in [-0.15, -0.1) is 0 Å². The van der Waals surface area contributed by atoms with Crippen LogP contribution in [0.25, 0.3) is 0 Å². The highest BCUT2D eigenvalue weighted by molar-refractivity contribution is 9.10. The normalized spacial score (nSPS) is 18.4. The van der Waals surface area contributed by atoms with Crippen molar-refractivity contribution in [3.63, 3.8) is 0 Å². The number of ether oxygens (including phenoxy) is 1. The Morgan fingerprint density at radius 1 is 1.48 bits per heavy atom. The number of hydrogen-bond acceptors (Lipinski definition) is 4. The molecule has 4 nitrogen and oxygen atoms in total. The fourth-order valence-corrected chi connectivity index (χ4v) is 3.50. The van der Waals surface area contributed by atoms with E-state index in [1.165, 1.54) is 0 Å². The number of amides is 1. The largest absolute Gasteiger partial charge is 0.464 e. The molecule has 1 amide bonds. The van der Waals surface area contributed by atoms with E-state index in [4.69, 9.17) is 4.74 Å². The van der Waals surface area contributed by atoms with Crippen molar-refractivity contribution in [1.29, 1.82) is 0 Å². The lowest BCUT2D eigenvalue weighted by atomic mass is 10.1. The molecular weight excluding hydrogens is 354 g/mol. The Bertz CT molecular complexity index is 550. The molecule has 0 radical (unpaired) electrons. The molecule has 0 aromatic heterocycles. The minimum absolute atomic E-state index is 0.107. The van der Waals surface area contributed by atoms with Gasteiger partial charge >= 0.3 is 5.97 Å². The third-order valence-corrected chi connectivity index (χ3v) is 5.27. The van der Waals surface area contributed by atoms with Crippen molar-refractivity contribution in [2.24, 2.45) is 0 Å². The molecule has 1 aliphatic heterocycles. The van der Waals surface area contributed by atoms with Crippen molar-refractivity contribution in [2.75, 3.05) is 24.7 Å². The summed E-state index contributed by atoms with van der Waals surface area (Å²) in [5.41, 5.74) is 1.61. The van der Waals surface area contributed by atoms with Gasteiger partial charge < -0.3 is 9.64 Å². The van der Waals surface area contributed by atoms with E-state index in [1.54, 1.807) is 29.7 Å². The molecule has 0 bridgehead atoms. The van der Waals surface area contributed by atoms with Crippen molar-refractivity contribution < 1.29 is 14.3 Å². The maximum Gasteiger partial charge on any atom is 0.329 e. The van der Waals surface area contributed by atoms with Crippen molar-refractivity contribution >= 4 is 39.6 Å². The summed E-state index contributed by atoms with van der Waals surface area (Å²) in [6.45, 7) is 4.62. The summed E-state index contributed by atoms with van der Waals surface area (Å²) in [7, 11) is 0. The van der Waals surface area contributed by atoms with Crippen LogP contribution in [0.3, 0.4) is 0 Å². The van der Waals surface area contributed by atoms with Gasteiger partial charge in [0.2, 0.25) is 0 Å². The zero-order chi connectivity index (χ0) is 15.4. The summed E-state index contributed by atoms with van der Waals surface area (Å²) >= 11 is 5.10. The number of halogens is 1. The van der Waals surface area contributed by atoms with E-state index in [-0.39, 0.29) is 11.9 Å². The van der Waals surface area contributed by atoms with E-state index in [1.807, 2.05) is 19.1 Å². The number of esters is 1.